The van der Waals surface area contributed by atoms with E-state index in [9.17, 15) is 13.5 Å². The van der Waals surface area contributed by atoms with Crippen molar-refractivity contribution < 1.29 is 18.3 Å². The van der Waals surface area contributed by atoms with Gasteiger partial charge in [-0.15, -0.1) is 0 Å². The standard InChI is InChI=1S/C14H18O4S/c1-9-6-12-7-10(2-3-13(12)18-9)14(15)11-4-5-19(16,17)8-11/h2-3,7,9,11,14-15H,4-6,8H2,1H3. The first-order chi connectivity index (χ1) is 8.94. The average Bonchev–Trinajstić information content (AvgIpc) is 2.88. The van der Waals surface area contributed by atoms with Crippen LogP contribution in [0.2, 0.25) is 0 Å². The Morgan fingerprint density at radius 3 is 2.89 bits per heavy atom. The number of rotatable bonds is 2. The summed E-state index contributed by atoms with van der Waals surface area (Å²) in [5.41, 5.74) is 1.91. The van der Waals surface area contributed by atoms with E-state index in [1.165, 1.54) is 0 Å². The molecule has 2 aliphatic rings. The van der Waals surface area contributed by atoms with Gasteiger partial charge in [0, 0.05) is 12.3 Å². The second-order valence-electron chi connectivity index (χ2n) is 5.61. The van der Waals surface area contributed by atoms with Crippen LogP contribution in [0.3, 0.4) is 0 Å². The third-order valence-corrected chi connectivity index (χ3v) is 5.77. The minimum Gasteiger partial charge on any atom is -0.490 e. The Bertz CT molecular complexity index is 593. The zero-order valence-corrected chi connectivity index (χ0v) is 11.7. The second-order valence-corrected chi connectivity index (χ2v) is 7.84. The highest BCUT2D eigenvalue weighted by molar-refractivity contribution is 7.91. The number of fused-ring (bicyclic) bond motifs is 1. The molecule has 4 nitrogen and oxygen atoms in total. The first-order valence-electron chi connectivity index (χ1n) is 6.62. The van der Waals surface area contributed by atoms with E-state index < -0.39 is 15.9 Å². The van der Waals surface area contributed by atoms with Crippen molar-refractivity contribution in [2.24, 2.45) is 5.92 Å². The number of hydrogen-bond donors (Lipinski definition) is 1. The molecule has 2 heterocycles. The van der Waals surface area contributed by atoms with Gasteiger partial charge in [0.05, 0.1) is 17.6 Å². The Kier molecular flexibility index (Phi) is 3.06. The lowest BCUT2D eigenvalue weighted by Gasteiger charge is -2.17. The molecule has 0 spiro atoms. The summed E-state index contributed by atoms with van der Waals surface area (Å²) in [6.07, 6.45) is 0.875. The van der Waals surface area contributed by atoms with Gasteiger partial charge in [0.15, 0.2) is 9.84 Å². The highest BCUT2D eigenvalue weighted by Crippen LogP contribution is 2.35. The second kappa shape index (κ2) is 4.49. The van der Waals surface area contributed by atoms with Gasteiger partial charge in [-0.2, -0.15) is 0 Å². The zero-order chi connectivity index (χ0) is 13.6. The number of hydrogen-bond acceptors (Lipinski definition) is 4. The molecule has 3 unspecified atom stereocenters. The fourth-order valence-electron chi connectivity index (χ4n) is 2.97. The van der Waals surface area contributed by atoms with E-state index in [0.29, 0.717) is 6.42 Å². The van der Waals surface area contributed by atoms with E-state index in [2.05, 4.69) is 0 Å². The molecule has 1 aromatic carbocycles. The van der Waals surface area contributed by atoms with Crippen LogP contribution in [0.4, 0.5) is 0 Å². The van der Waals surface area contributed by atoms with Gasteiger partial charge in [0.25, 0.3) is 0 Å². The summed E-state index contributed by atoms with van der Waals surface area (Å²) in [4.78, 5) is 0. The SMILES string of the molecule is CC1Cc2cc(C(O)C3CCS(=O)(=O)C3)ccc2O1. The van der Waals surface area contributed by atoms with Crippen molar-refractivity contribution >= 4 is 9.84 Å². The molecule has 3 rings (SSSR count). The van der Waals surface area contributed by atoms with Crippen LogP contribution in [0.1, 0.15) is 30.6 Å². The average molecular weight is 282 g/mol. The fourth-order valence-corrected chi connectivity index (χ4v) is 4.80. The number of sulfone groups is 1. The minimum absolute atomic E-state index is 0.0954. The van der Waals surface area contributed by atoms with Crippen LogP contribution in [0, 0.1) is 5.92 Å². The number of benzene rings is 1. The van der Waals surface area contributed by atoms with Crippen molar-refractivity contribution in [3.8, 4) is 5.75 Å². The first kappa shape index (κ1) is 12.9. The van der Waals surface area contributed by atoms with Gasteiger partial charge in [-0.05, 0) is 36.6 Å². The largest absolute Gasteiger partial charge is 0.490 e. The molecule has 0 bridgehead atoms. The lowest BCUT2D eigenvalue weighted by Crippen LogP contribution is -2.14. The van der Waals surface area contributed by atoms with Crippen LogP contribution < -0.4 is 4.74 Å². The Morgan fingerprint density at radius 2 is 2.21 bits per heavy atom. The van der Waals surface area contributed by atoms with Gasteiger partial charge in [-0.1, -0.05) is 6.07 Å². The predicted molar refractivity (Wildman–Crippen MR) is 72.0 cm³/mol. The molecular weight excluding hydrogens is 264 g/mol. The molecule has 1 N–H and O–H groups in total. The summed E-state index contributed by atoms with van der Waals surface area (Å²) >= 11 is 0. The maximum Gasteiger partial charge on any atom is 0.150 e. The molecular formula is C14H18O4S. The predicted octanol–water partition coefficient (Wildman–Crippen LogP) is 1.48. The molecule has 0 aliphatic carbocycles. The molecule has 1 saturated heterocycles. The number of ether oxygens (including phenoxy) is 1. The van der Waals surface area contributed by atoms with E-state index in [1.54, 1.807) is 0 Å². The monoisotopic (exact) mass is 282 g/mol. The number of aliphatic hydroxyl groups is 1. The molecule has 1 fully saturated rings. The number of aliphatic hydroxyl groups excluding tert-OH is 1. The zero-order valence-electron chi connectivity index (χ0n) is 10.9. The maximum atomic E-state index is 11.5. The molecule has 104 valence electrons. The Balaban J connectivity index is 1.82. The lowest BCUT2D eigenvalue weighted by atomic mass is 9.93. The van der Waals surface area contributed by atoms with Crippen molar-refractivity contribution in [3.05, 3.63) is 29.3 Å². The van der Waals surface area contributed by atoms with Crippen molar-refractivity contribution in [2.75, 3.05) is 11.5 Å². The molecule has 0 radical (unpaired) electrons. The summed E-state index contributed by atoms with van der Waals surface area (Å²) in [6.45, 7) is 2.01. The van der Waals surface area contributed by atoms with Crippen LogP contribution in [0.15, 0.2) is 18.2 Å². The van der Waals surface area contributed by atoms with E-state index in [4.69, 9.17) is 4.74 Å². The quantitative estimate of drug-likeness (QED) is 0.892. The van der Waals surface area contributed by atoms with Gasteiger partial charge in [-0.3, -0.25) is 0 Å². The van der Waals surface area contributed by atoms with E-state index in [0.717, 1.165) is 23.3 Å². The normalized spacial score (nSPS) is 29.8. The van der Waals surface area contributed by atoms with Gasteiger partial charge < -0.3 is 9.84 Å². The summed E-state index contributed by atoms with van der Waals surface area (Å²) in [6, 6.07) is 5.67. The van der Waals surface area contributed by atoms with Gasteiger partial charge in [-0.25, -0.2) is 8.42 Å². The minimum atomic E-state index is -2.95. The topological polar surface area (TPSA) is 63.6 Å². The van der Waals surface area contributed by atoms with E-state index in [1.807, 2.05) is 25.1 Å². The van der Waals surface area contributed by atoms with Crippen molar-refractivity contribution in [1.82, 2.24) is 0 Å². The molecule has 0 aromatic heterocycles. The van der Waals surface area contributed by atoms with Gasteiger partial charge in [0.1, 0.15) is 11.9 Å². The molecule has 2 aliphatic heterocycles. The highest BCUT2D eigenvalue weighted by atomic mass is 32.2. The highest BCUT2D eigenvalue weighted by Gasteiger charge is 2.34. The first-order valence-corrected chi connectivity index (χ1v) is 8.45. The Morgan fingerprint density at radius 1 is 1.42 bits per heavy atom. The van der Waals surface area contributed by atoms with Crippen molar-refractivity contribution in [2.45, 2.75) is 32.0 Å². The molecule has 3 atom stereocenters. The van der Waals surface area contributed by atoms with Gasteiger partial charge >= 0.3 is 0 Å². The van der Waals surface area contributed by atoms with Gasteiger partial charge in [0.2, 0.25) is 0 Å². The van der Waals surface area contributed by atoms with Crippen LogP contribution >= 0.6 is 0 Å². The summed E-state index contributed by atoms with van der Waals surface area (Å²) < 4.78 is 28.6. The lowest BCUT2D eigenvalue weighted by molar-refractivity contribution is 0.121. The molecule has 0 amide bonds. The van der Waals surface area contributed by atoms with Crippen LogP contribution in [0.5, 0.6) is 5.75 Å². The van der Waals surface area contributed by atoms with Crippen LogP contribution in [-0.2, 0) is 16.3 Å². The Labute approximate surface area is 113 Å². The molecule has 19 heavy (non-hydrogen) atoms. The molecule has 0 saturated carbocycles. The molecule has 5 heteroatoms. The van der Waals surface area contributed by atoms with Crippen LogP contribution in [0.25, 0.3) is 0 Å². The van der Waals surface area contributed by atoms with Crippen molar-refractivity contribution in [3.63, 3.8) is 0 Å². The fraction of sp³-hybridized carbons (Fsp3) is 0.571. The smallest absolute Gasteiger partial charge is 0.150 e. The third-order valence-electron chi connectivity index (χ3n) is 3.98. The Hall–Kier alpha value is -1.07. The van der Waals surface area contributed by atoms with Crippen LogP contribution in [-0.4, -0.2) is 31.1 Å². The summed E-state index contributed by atoms with van der Waals surface area (Å²) in [7, 11) is -2.95. The summed E-state index contributed by atoms with van der Waals surface area (Å²) in [5, 5.41) is 10.3. The third kappa shape index (κ3) is 2.49. The van der Waals surface area contributed by atoms with E-state index >= 15 is 0 Å². The van der Waals surface area contributed by atoms with Crippen molar-refractivity contribution in [1.29, 1.82) is 0 Å². The molecule has 1 aromatic rings. The summed E-state index contributed by atoms with van der Waals surface area (Å²) in [5.74, 6) is 0.989. The van der Waals surface area contributed by atoms with E-state index in [-0.39, 0.29) is 23.5 Å². The maximum absolute atomic E-state index is 11.5.